The summed E-state index contributed by atoms with van der Waals surface area (Å²) in [5, 5.41) is 0. The van der Waals surface area contributed by atoms with Crippen LogP contribution in [0.5, 0.6) is 5.75 Å². The van der Waals surface area contributed by atoms with Crippen LogP contribution >= 0.6 is 0 Å². The number of halogens is 2. The van der Waals surface area contributed by atoms with Gasteiger partial charge in [0.25, 0.3) is 0 Å². The second-order valence-electron chi connectivity index (χ2n) is 5.01. The Hall–Kier alpha value is -2.14. The van der Waals surface area contributed by atoms with E-state index in [9.17, 15) is 8.78 Å². The van der Waals surface area contributed by atoms with E-state index in [0.717, 1.165) is 11.8 Å². The summed E-state index contributed by atoms with van der Waals surface area (Å²) in [7, 11) is 1.58. The van der Waals surface area contributed by atoms with Gasteiger partial charge in [0, 0.05) is 24.7 Å². The molecule has 0 spiro atoms. The molecule has 3 nitrogen and oxygen atoms in total. The van der Waals surface area contributed by atoms with Crippen molar-refractivity contribution in [1.82, 2.24) is 0 Å². The monoisotopic (exact) mass is 290 g/mol. The third-order valence-corrected chi connectivity index (χ3v) is 3.85. The number of hydrogen-bond donors (Lipinski definition) is 1. The minimum atomic E-state index is -0.566. The van der Waals surface area contributed by atoms with Crippen molar-refractivity contribution < 1.29 is 13.5 Å². The van der Waals surface area contributed by atoms with E-state index in [4.69, 9.17) is 10.5 Å². The summed E-state index contributed by atoms with van der Waals surface area (Å²) in [5.74, 6) is -0.425. The van der Waals surface area contributed by atoms with E-state index in [1.807, 2.05) is 29.2 Å². The standard InChI is InChI=1S/C16H16F2N2O/c1-21-15-5-3-2-4-13(15)20-9-10-6-11(17)7-12(18)16(10)14(20)8-19/h2-7,14H,8-9,19H2,1H3. The molecule has 0 amide bonds. The summed E-state index contributed by atoms with van der Waals surface area (Å²) in [4.78, 5) is 1.95. The molecule has 0 saturated carbocycles. The summed E-state index contributed by atoms with van der Waals surface area (Å²) in [6.07, 6.45) is 0. The van der Waals surface area contributed by atoms with Crippen LogP contribution in [-0.2, 0) is 6.54 Å². The molecule has 1 heterocycles. The Morgan fingerprint density at radius 1 is 1.29 bits per heavy atom. The van der Waals surface area contributed by atoms with Crippen LogP contribution in [0.15, 0.2) is 36.4 Å². The van der Waals surface area contributed by atoms with Crippen molar-refractivity contribution in [3.8, 4) is 5.75 Å². The van der Waals surface area contributed by atoms with E-state index in [1.165, 1.54) is 6.07 Å². The Kier molecular flexibility index (Phi) is 3.51. The number of anilines is 1. The van der Waals surface area contributed by atoms with Gasteiger partial charge in [0.15, 0.2) is 0 Å². The highest BCUT2D eigenvalue weighted by atomic mass is 19.1. The number of nitrogens with two attached hydrogens (primary N) is 1. The zero-order chi connectivity index (χ0) is 15.0. The lowest BCUT2D eigenvalue weighted by Crippen LogP contribution is -2.28. The molecule has 0 radical (unpaired) electrons. The fourth-order valence-corrected chi connectivity index (χ4v) is 2.96. The molecule has 0 fully saturated rings. The number of methoxy groups -OCH3 is 1. The third-order valence-electron chi connectivity index (χ3n) is 3.85. The molecule has 0 aliphatic carbocycles. The van der Waals surface area contributed by atoms with Crippen LogP contribution in [0.1, 0.15) is 17.2 Å². The normalized spacial score (nSPS) is 17.0. The van der Waals surface area contributed by atoms with E-state index in [-0.39, 0.29) is 12.6 Å². The minimum Gasteiger partial charge on any atom is -0.495 e. The number of fused-ring (bicyclic) bond motifs is 1. The zero-order valence-corrected chi connectivity index (χ0v) is 11.6. The molecule has 2 aromatic carbocycles. The van der Waals surface area contributed by atoms with Crippen LogP contribution in [-0.4, -0.2) is 13.7 Å². The Balaban J connectivity index is 2.09. The van der Waals surface area contributed by atoms with Crippen molar-refractivity contribution in [2.24, 2.45) is 5.73 Å². The van der Waals surface area contributed by atoms with Gasteiger partial charge < -0.3 is 15.4 Å². The lowest BCUT2D eigenvalue weighted by atomic mass is 10.0. The maximum absolute atomic E-state index is 14.1. The molecule has 5 heteroatoms. The Morgan fingerprint density at radius 3 is 2.76 bits per heavy atom. The van der Waals surface area contributed by atoms with Gasteiger partial charge in [-0.25, -0.2) is 8.78 Å². The first kappa shape index (κ1) is 13.8. The van der Waals surface area contributed by atoms with Crippen molar-refractivity contribution in [3.05, 3.63) is 59.2 Å². The molecule has 0 bridgehead atoms. The molecular formula is C16H16F2N2O. The van der Waals surface area contributed by atoms with Crippen LogP contribution in [0.2, 0.25) is 0 Å². The summed E-state index contributed by atoms with van der Waals surface area (Å²) in [5.41, 5.74) is 7.77. The predicted molar refractivity (Wildman–Crippen MR) is 77.3 cm³/mol. The summed E-state index contributed by atoms with van der Waals surface area (Å²) >= 11 is 0. The zero-order valence-electron chi connectivity index (χ0n) is 11.6. The molecule has 2 N–H and O–H groups in total. The number of nitrogens with zero attached hydrogens (tertiary/aromatic N) is 1. The van der Waals surface area contributed by atoms with Crippen LogP contribution < -0.4 is 15.4 Å². The molecule has 21 heavy (non-hydrogen) atoms. The smallest absolute Gasteiger partial charge is 0.142 e. The maximum atomic E-state index is 14.1. The first-order valence-corrected chi connectivity index (χ1v) is 6.73. The molecule has 2 aromatic rings. The molecule has 1 unspecified atom stereocenters. The lowest BCUT2D eigenvalue weighted by molar-refractivity contribution is 0.413. The fourth-order valence-electron chi connectivity index (χ4n) is 2.96. The van der Waals surface area contributed by atoms with E-state index < -0.39 is 11.6 Å². The number of benzene rings is 2. The van der Waals surface area contributed by atoms with Crippen molar-refractivity contribution >= 4 is 5.69 Å². The van der Waals surface area contributed by atoms with Gasteiger partial charge in [-0.3, -0.25) is 0 Å². The average molecular weight is 290 g/mol. The van der Waals surface area contributed by atoms with Gasteiger partial charge in [0.2, 0.25) is 0 Å². The highest BCUT2D eigenvalue weighted by molar-refractivity contribution is 5.63. The van der Waals surface area contributed by atoms with Crippen LogP contribution in [0.3, 0.4) is 0 Å². The minimum absolute atomic E-state index is 0.244. The van der Waals surface area contributed by atoms with Gasteiger partial charge in [-0.05, 0) is 23.8 Å². The quantitative estimate of drug-likeness (QED) is 0.944. The van der Waals surface area contributed by atoms with Gasteiger partial charge in [-0.1, -0.05) is 12.1 Å². The van der Waals surface area contributed by atoms with E-state index >= 15 is 0 Å². The Bertz CT molecular complexity index is 675. The summed E-state index contributed by atoms with van der Waals surface area (Å²) < 4.78 is 32.9. The number of ether oxygens (including phenoxy) is 1. The summed E-state index contributed by atoms with van der Waals surface area (Å²) in [6, 6.07) is 9.43. The van der Waals surface area contributed by atoms with Gasteiger partial charge in [-0.2, -0.15) is 0 Å². The van der Waals surface area contributed by atoms with Gasteiger partial charge in [0.1, 0.15) is 17.4 Å². The highest BCUT2D eigenvalue weighted by Crippen LogP contribution is 2.42. The average Bonchev–Trinajstić information content (AvgIpc) is 2.85. The van der Waals surface area contributed by atoms with Gasteiger partial charge >= 0.3 is 0 Å². The SMILES string of the molecule is COc1ccccc1N1Cc2cc(F)cc(F)c2C1CN. The second-order valence-corrected chi connectivity index (χ2v) is 5.01. The maximum Gasteiger partial charge on any atom is 0.142 e. The molecule has 110 valence electrons. The lowest BCUT2D eigenvalue weighted by Gasteiger charge is -2.27. The predicted octanol–water partition coefficient (Wildman–Crippen LogP) is 2.99. The van der Waals surface area contributed by atoms with Crippen molar-refractivity contribution in [1.29, 1.82) is 0 Å². The van der Waals surface area contributed by atoms with E-state index in [2.05, 4.69) is 0 Å². The first-order chi connectivity index (χ1) is 10.2. The topological polar surface area (TPSA) is 38.5 Å². The third kappa shape index (κ3) is 2.23. The largest absolute Gasteiger partial charge is 0.495 e. The molecule has 1 atom stereocenters. The van der Waals surface area contributed by atoms with Crippen LogP contribution in [0.4, 0.5) is 14.5 Å². The Morgan fingerprint density at radius 2 is 2.05 bits per heavy atom. The van der Waals surface area contributed by atoms with Gasteiger partial charge in [0.05, 0.1) is 18.8 Å². The van der Waals surface area contributed by atoms with Crippen molar-refractivity contribution in [2.45, 2.75) is 12.6 Å². The fraction of sp³-hybridized carbons (Fsp3) is 0.250. The molecule has 1 aliphatic rings. The number of rotatable bonds is 3. The molecule has 3 rings (SSSR count). The number of para-hydroxylation sites is 2. The molecule has 0 aromatic heterocycles. The van der Waals surface area contributed by atoms with Crippen LogP contribution in [0, 0.1) is 11.6 Å². The second kappa shape index (κ2) is 5.33. The Labute approximate surface area is 121 Å². The van der Waals surface area contributed by atoms with E-state index in [1.54, 1.807) is 7.11 Å². The molecule has 0 saturated heterocycles. The highest BCUT2D eigenvalue weighted by Gasteiger charge is 2.33. The summed E-state index contributed by atoms with van der Waals surface area (Å²) in [6.45, 7) is 0.653. The van der Waals surface area contributed by atoms with Crippen molar-refractivity contribution in [2.75, 3.05) is 18.6 Å². The molecule has 1 aliphatic heterocycles. The van der Waals surface area contributed by atoms with Crippen LogP contribution in [0.25, 0.3) is 0 Å². The van der Waals surface area contributed by atoms with Gasteiger partial charge in [-0.15, -0.1) is 0 Å². The van der Waals surface area contributed by atoms with Crippen molar-refractivity contribution in [3.63, 3.8) is 0 Å². The molecular weight excluding hydrogens is 274 g/mol. The first-order valence-electron chi connectivity index (χ1n) is 6.73. The number of hydrogen-bond acceptors (Lipinski definition) is 3. The van der Waals surface area contributed by atoms with E-state index in [0.29, 0.717) is 23.4 Å².